The van der Waals surface area contributed by atoms with E-state index in [9.17, 15) is 4.79 Å². The van der Waals surface area contributed by atoms with Crippen molar-refractivity contribution < 1.29 is 9.53 Å². The molecule has 0 spiro atoms. The van der Waals surface area contributed by atoms with Gasteiger partial charge in [0.15, 0.2) is 0 Å². The summed E-state index contributed by atoms with van der Waals surface area (Å²) in [4.78, 5) is 12.2. The lowest BCUT2D eigenvalue weighted by Crippen LogP contribution is -2.20. The van der Waals surface area contributed by atoms with Gasteiger partial charge in [-0.05, 0) is 36.4 Å². The number of hydrogen-bond donors (Lipinski definition) is 0. The van der Waals surface area contributed by atoms with Gasteiger partial charge in [0.1, 0.15) is 6.10 Å². The van der Waals surface area contributed by atoms with Crippen molar-refractivity contribution in [3.8, 4) is 11.4 Å². The van der Waals surface area contributed by atoms with Gasteiger partial charge >= 0.3 is 5.97 Å². The van der Waals surface area contributed by atoms with E-state index >= 15 is 0 Å². The Hall–Kier alpha value is -1.95. The minimum Gasteiger partial charge on any atom is -0.461 e. The van der Waals surface area contributed by atoms with Crippen LogP contribution in [0.2, 0.25) is 5.02 Å². The molecule has 0 unspecified atom stereocenters. The van der Waals surface area contributed by atoms with Crippen LogP contribution in [0.1, 0.15) is 13.8 Å². The first-order chi connectivity index (χ1) is 9.04. The maximum Gasteiger partial charge on any atom is 0.302 e. The smallest absolute Gasteiger partial charge is 0.302 e. The Morgan fingerprint density at radius 3 is 2.74 bits per heavy atom. The van der Waals surface area contributed by atoms with Crippen LogP contribution in [0, 0.1) is 0 Å². The van der Waals surface area contributed by atoms with E-state index < -0.39 is 0 Å². The molecular weight excluding hydrogens is 268 g/mol. The highest BCUT2D eigenvalue weighted by Gasteiger charge is 2.10. The van der Waals surface area contributed by atoms with Crippen LogP contribution in [0.25, 0.3) is 11.4 Å². The van der Waals surface area contributed by atoms with Crippen molar-refractivity contribution in [3.63, 3.8) is 0 Å². The molecule has 0 saturated heterocycles. The third-order valence-corrected chi connectivity index (χ3v) is 2.59. The zero-order chi connectivity index (χ0) is 13.8. The second-order valence-corrected chi connectivity index (χ2v) is 4.53. The lowest BCUT2D eigenvalue weighted by atomic mass is 10.2. The van der Waals surface area contributed by atoms with Crippen LogP contribution >= 0.6 is 11.6 Å². The topological polar surface area (TPSA) is 69.9 Å². The van der Waals surface area contributed by atoms with Crippen LogP contribution in [0.15, 0.2) is 24.3 Å². The molecule has 19 heavy (non-hydrogen) atoms. The van der Waals surface area contributed by atoms with Gasteiger partial charge in [0.25, 0.3) is 0 Å². The number of nitrogens with zero attached hydrogens (tertiary/aromatic N) is 4. The predicted molar refractivity (Wildman–Crippen MR) is 69.5 cm³/mol. The zero-order valence-electron chi connectivity index (χ0n) is 10.6. The third kappa shape index (κ3) is 3.75. The number of hydrogen-bond acceptors (Lipinski definition) is 5. The van der Waals surface area contributed by atoms with E-state index in [4.69, 9.17) is 16.3 Å². The Bertz CT molecular complexity index is 567. The van der Waals surface area contributed by atoms with Crippen LogP contribution in [-0.4, -0.2) is 32.3 Å². The molecule has 100 valence electrons. The molecule has 1 heterocycles. The summed E-state index contributed by atoms with van der Waals surface area (Å²) in [5.41, 5.74) is 0.829. The van der Waals surface area contributed by atoms with Crippen LogP contribution in [0.5, 0.6) is 0 Å². The fraction of sp³-hybridized carbons (Fsp3) is 0.333. The Kier molecular flexibility index (Phi) is 4.11. The summed E-state index contributed by atoms with van der Waals surface area (Å²) in [6, 6.07) is 7.16. The monoisotopic (exact) mass is 280 g/mol. The quantitative estimate of drug-likeness (QED) is 0.801. The number of halogens is 1. The molecule has 2 aromatic rings. The van der Waals surface area contributed by atoms with Crippen LogP contribution in [0.4, 0.5) is 0 Å². The number of tetrazole rings is 1. The second kappa shape index (κ2) is 5.79. The van der Waals surface area contributed by atoms with Crippen molar-refractivity contribution in [1.29, 1.82) is 0 Å². The molecule has 0 aliphatic heterocycles. The average Bonchev–Trinajstić information content (AvgIpc) is 2.77. The summed E-state index contributed by atoms with van der Waals surface area (Å²) >= 11 is 5.81. The van der Waals surface area contributed by atoms with Gasteiger partial charge in [-0.3, -0.25) is 4.79 Å². The molecule has 0 aliphatic carbocycles. The summed E-state index contributed by atoms with van der Waals surface area (Å²) in [6.45, 7) is 3.50. The van der Waals surface area contributed by atoms with E-state index in [-0.39, 0.29) is 12.1 Å². The summed E-state index contributed by atoms with van der Waals surface area (Å²) in [7, 11) is 0. The Morgan fingerprint density at radius 1 is 1.42 bits per heavy atom. The molecule has 0 aliphatic rings. The van der Waals surface area contributed by atoms with Crippen molar-refractivity contribution in [1.82, 2.24) is 20.2 Å². The van der Waals surface area contributed by atoms with Crippen molar-refractivity contribution in [3.05, 3.63) is 29.3 Å². The Labute approximate surface area is 115 Å². The summed E-state index contributed by atoms with van der Waals surface area (Å²) in [6.07, 6.45) is -0.301. The minimum atomic E-state index is -0.328. The van der Waals surface area contributed by atoms with Crippen molar-refractivity contribution in [2.45, 2.75) is 26.5 Å². The minimum absolute atomic E-state index is 0.301. The van der Waals surface area contributed by atoms with Gasteiger partial charge in [-0.25, -0.2) is 0 Å². The summed E-state index contributed by atoms with van der Waals surface area (Å²) in [5.74, 6) is 0.178. The maximum atomic E-state index is 10.8. The standard InChI is InChI=1S/C12H13ClN4O2/c1-8(19-9(2)18)7-17-15-12(14-16-17)10-3-5-11(13)6-4-10/h3-6,8H,7H2,1-2H3/t8-/m0/s1. The van der Waals surface area contributed by atoms with Crippen molar-refractivity contribution in [2.75, 3.05) is 0 Å². The first kappa shape index (κ1) is 13.5. The Morgan fingerprint density at radius 2 is 2.11 bits per heavy atom. The van der Waals surface area contributed by atoms with Gasteiger partial charge in [0.05, 0.1) is 6.54 Å². The fourth-order valence-corrected chi connectivity index (χ4v) is 1.71. The molecule has 0 N–H and O–H groups in total. The Balaban J connectivity index is 2.06. The van der Waals surface area contributed by atoms with E-state index in [0.717, 1.165) is 5.56 Å². The van der Waals surface area contributed by atoms with E-state index in [1.54, 1.807) is 19.1 Å². The molecule has 0 saturated carbocycles. The number of carbonyl (C=O) groups is 1. The highest BCUT2D eigenvalue weighted by atomic mass is 35.5. The highest BCUT2D eigenvalue weighted by molar-refractivity contribution is 6.30. The fourth-order valence-electron chi connectivity index (χ4n) is 1.59. The summed E-state index contributed by atoms with van der Waals surface area (Å²) < 4.78 is 5.00. The molecule has 0 radical (unpaired) electrons. The molecule has 1 atom stereocenters. The second-order valence-electron chi connectivity index (χ2n) is 4.09. The number of benzene rings is 1. The van der Waals surface area contributed by atoms with Gasteiger partial charge in [0.2, 0.25) is 5.82 Å². The molecule has 0 fully saturated rings. The SMILES string of the molecule is CC(=O)O[C@@H](C)Cn1nnc(-c2ccc(Cl)cc2)n1. The number of esters is 1. The van der Waals surface area contributed by atoms with Crippen LogP contribution in [0.3, 0.4) is 0 Å². The average molecular weight is 281 g/mol. The highest BCUT2D eigenvalue weighted by Crippen LogP contribution is 2.16. The van der Waals surface area contributed by atoms with Crippen molar-refractivity contribution >= 4 is 17.6 Å². The third-order valence-electron chi connectivity index (χ3n) is 2.34. The normalized spacial score (nSPS) is 12.2. The summed E-state index contributed by atoms with van der Waals surface area (Å²) in [5, 5.41) is 12.7. The maximum absolute atomic E-state index is 10.8. The van der Waals surface area contributed by atoms with Gasteiger partial charge in [0, 0.05) is 17.5 Å². The van der Waals surface area contributed by atoms with Gasteiger partial charge in [-0.2, -0.15) is 4.80 Å². The molecule has 6 nitrogen and oxygen atoms in total. The molecule has 1 aromatic carbocycles. The molecule has 1 aromatic heterocycles. The number of rotatable bonds is 4. The first-order valence-corrected chi connectivity index (χ1v) is 6.13. The zero-order valence-corrected chi connectivity index (χ0v) is 11.3. The van der Waals surface area contributed by atoms with Gasteiger partial charge < -0.3 is 4.74 Å². The first-order valence-electron chi connectivity index (χ1n) is 5.75. The van der Waals surface area contributed by atoms with Crippen molar-refractivity contribution in [2.24, 2.45) is 0 Å². The van der Waals surface area contributed by atoms with E-state index in [1.165, 1.54) is 11.7 Å². The van der Waals surface area contributed by atoms with Gasteiger partial charge in [-0.15, -0.1) is 10.2 Å². The molecule has 0 amide bonds. The molecule has 7 heteroatoms. The molecule has 0 bridgehead atoms. The lowest BCUT2D eigenvalue weighted by molar-refractivity contribution is -0.146. The molecule has 2 rings (SSSR count). The molecular formula is C12H13ClN4O2. The van der Waals surface area contributed by atoms with Crippen LogP contribution in [-0.2, 0) is 16.1 Å². The number of aromatic nitrogens is 4. The van der Waals surface area contributed by atoms with Crippen LogP contribution < -0.4 is 0 Å². The predicted octanol–water partition coefficient (Wildman–Crippen LogP) is 1.95. The number of carbonyl (C=O) groups excluding carboxylic acids is 1. The number of ether oxygens (including phenoxy) is 1. The largest absolute Gasteiger partial charge is 0.461 e. The van der Waals surface area contributed by atoms with E-state index in [0.29, 0.717) is 17.4 Å². The lowest BCUT2D eigenvalue weighted by Gasteiger charge is -2.09. The van der Waals surface area contributed by atoms with Gasteiger partial charge in [-0.1, -0.05) is 11.6 Å². The van der Waals surface area contributed by atoms with E-state index in [2.05, 4.69) is 15.4 Å². The van der Waals surface area contributed by atoms with E-state index in [1.807, 2.05) is 12.1 Å².